The standard InChI is InChI=1S/C23H25N3O2/c1-15-4-10-20(11-5-15)26(13-18-6-8-19(9-7-18)22(24)27)14-21-16(2)12-17(3)25-23(21)28/h4-12H,13-14H2,1-3H3,(H2,24,27)(H,25,28). The van der Waals surface area contributed by atoms with Crippen LogP contribution < -0.4 is 16.2 Å². The Labute approximate surface area is 164 Å². The molecule has 5 heteroatoms. The molecule has 3 aromatic rings. The predicted molar refractivity (Wildman–Crippen MR) is 113 cm³/mol. The van der Waals surface area contributed by atoms with Gasteiger partial charge in [-0.3, -0.25) is 9.59 Å². The summed E-state index contributed by atoms with van der Waals surface area (Å²) in [7, 11) is 0. The number of H-pyrrole nitrogens is 1. The lowest BCUT2D eigenvalue weighted by Crippen LogP contribution is -2.27. The van der Waals surface area contributed by atoms with Crippen LogP contribution in [0.4, 0.5) is 5.69 Å². The van der Waals surface area contributed by atoms with Crippen LogP contribution in [0.15, 0.2) is 59.4 Å². The lowest BCUT2D eigenvalue weighted by Gasteiger charge is -2.26. The fourth-order valence-corrected chi connectivity index (χ4v) is 3.26. The van der Waals surface area contributed by atoms with Crippen molar-refractivity contribution in [3.8, 4) is 0 Å². The topological polar surface area (TPSA) is 79.2 Å². The van der Waals surface area contributed by atoms with Gasteiger partial charge in [0.25, 0.3) is 5.56 Å². The highest BCUT2D eigenvalue weighted by Gasteiger charge is 2.14. The molecule has 0 aliphatic rings. The molecule has 1 heterocycles. The van der Waals surface area contributed by atoms with E-state index in [0.29, 0.717) is 18.7 Å². The van der Waals surface area contributed by atoms with Crippen LogP contribution in [0.1, 0.15) is 38.3 Å². The number of nitrogens with two attached hydrogens (primary N) is 1. The van der Waals surface area contributed by atoms with Gasteiger partial charge in [0.15, 0.2) is 0 Å². The highest BCUT2D eigenvalue weighted by atomic mass is 16.1. The first-order chi connectivity index (χ1) is 13.3. The van der Waals surface area contributed by atoms with E-state index in [1.807, 2.05) is 39.0 Å². The Balaban J connectivity index is 1.95. The quantitative estimate of drug-likeness (QED) is 0.691. The maximum atomic E-state index is 12.5. The third-order valence-electron chi connectivity index (χ3n) is 4.85. The minimum Gasteiger partial charge on any atom is -0.366 e. The lowest BCUT2D eigenvalue weighted by atomic mass is 10.1. The molecule has 3 rings (SSSR count). The van der Waals surface area contributed by atoms with Gasteiger partial charge in [-0.25, -0.2) is 0 Å². The minimum atomic E-state index is -0.441. The molecule has 0 aliphatic carbocycles. The van der Waals surface area contributed by atoms with Crippen LogP contribution in [0.25, 0.3) is 0 Å². The van der Waals surface area contributed by atoms with Crippen molar-refractivity contribution in [2.24, 2.45) is 5.73 Å². The van der Waals surface area contributed by atoms with Gasteiger partial charge in [0, 0.05) is 35.6 Å². The van der Waals surface area contributed by atoms with Crippen molar-refractivity contribution in [2.45, 2.75) is 33.9 Å². The zero-order valence-electron chi connectivity index (χ0n) is 16.5. The number of hydrogen-bond acceptors (Lipinski definition) is 3. The van der Waals surface area contributed by atoms with Gasteiger partial charge in [-0.1, -0.05) is 29.8 Å². The van der Waals surface area contributed by atoms with Crippen LogP contribution in [0, 0.1) is 20.8 Å². The summed E-state index contributed by atoms with van der Waals surface area (Å²) < 4.78 is 0. The summed E-state index contributed by atoms with van der Waals surface area (Å²) in [6, 6.07) is 17.5. The van der Waals surface area contributed by atoms with Crippen molar-refractivity contribution in [1.29, 1.82) is 0 Å². The van der Waals surface area contributed by atoms with Crippen LogP contribution in [-0.2, 0) is 13.1 Å². The largest absolute Gasteiger partial charge is 0.366 e. The third kappa shape index (κ3) is 4.49. The number of rotatable bonds is 6. The van der Waals surface area contributed by atoms with Crippen LogP contribution in [0.3, 0.4) is 0 Å². The molecule has 5 nitrogen and oxygen atoms in total. The first kappa shape index (κ1) is 19.4. The number of anilines is 1. The summed E-state index contributed by atoms with van der Waals surface area (Å²) in [5.74, 6) is -0.441. The molecular weight excluding hydrogens is 350 g/mol. The van der Waals surface area contributed by atoms with Gasteiger partial charge in [0.2, 0.25) is 5.91 Å². The molecule has 0 atom stereocenters. The zero-order valence-corrected chi connectivity index (χ0v) is 16.5. The zero-order chi connectivity index (χ0) is 20.3. The number of nitrogens with one attached hydrogen (secondary N) is 1. The molecule has 144 valence electrons. The smallest absolute Gasteiger partial charge is 0.253 e. The fraction of sp³-hybridized carbons (Fsp3) is 0.217. The Morgan fingerprint density at radius 3 is 2.18 bits per heavy atom. The van der Waals surface area contributed by atoms with E-state index >= 15 is 0 Å². The molecule has 0 aliphatic heterocycles. The second kappa shape index (κ2) is 8.13. The van der Waals surface area contributed by atoms with E-state index in [1.165, 1.54) is 5.56 Å². The number of amides is 1. The van der Waals surface area contributed by atoms with Gasteiger partial charge < -0.3 is 15.6 Å². The summed E-state index contributed by atoms with van der Waals surface area (Å²) >= 11 is 0. The number of carbonyl (C=O) groups is 1. The van der Waals surface area contributed by atoms with Crippen molar-refractivity contribution in [3.63, 3.8) is 0 Å². The van der Waals surface area contributed by atoms with Crippen molar-refractivity contribution in [2.75, 3.05) is 4.90 Å². The van der Waals surface area contributed by atoms with Gasteiger partial charge in [0.1, 0.15) is 0 Å². The van der Waals surface area contributed by atoms with Gasteiger partial charge >= 0.3 is 0 Å². The van der Waals surface area contributed by atoms with E-state index in [0.717, 1.165) is 28.1 Å². The molecule has 1 aromatic heterocycles. The van der Waals surface area contributed by atoms with Crippen molar-refractivity contribution in [3.05, 3.63) is 98.5 Å². The molecular formula is C23H25N3O2. The monoisotopic (exact) mass is 375 g/mol. The third-order valence-corrected chi connectivity index (χ3v) is 4.85. The van der Waals surface area contributed by atoms with E-state index in [1.54, 1.807) is 12.1 Å². The Morgan fingerprint density at radius 1 is 0.964 bits per heavy atom. The first-order valence-electron chi connectivity index (χ1n) is 9.23. The summed E-state index contributed by atoms with van der Waals surface area (Å²) in [4.78, 5) is 28.9. The number of pyridine rings is 1. The van der Waals surface area contributed by atoms with Crippen molar-refractivity contribution in [1.82, 2.24) is 4.98 Å². The molecule has 0 fully saturated rings. The SMILES string of the molecule is Cc1ccc(N(Cc2ccc(C(N)=O)cc2)Cc2c(C)cc(C)[nH]c2=O)cc1. The summed E-state index contributed by atoms with van der Waals surface area (Å²) in [5.41, 5.74) is 11.6. The maximum absolute atomic E-state index is 12.5. The molecule has 0 saturated carbocycles. The highest BCUT2D eigenvalue weighted by Crippen LogP contribution is 2.21. The average molecular weight is 375 g/mol. The number of benzene rings is 2. The lowest BCUT2D eigenvalue weighted by molar-refractivity contribution is 0.100. The van der Waals surface area contributed by atoms with Gasteiger partial charge in [-0.15, -0.1) is 0 Å². The minimum absolute atomic E-state index is 0.0568. The molecule has 3 N–H and O–H groups in total. The number of primary amides is 1. The predicted octanol–water partition coefficient (Wildman–Crippen LogP) is 3.61. The molecule has 28 heavy (non-hydrogen) atoms. The normalized spacial score (nSPS) is 10.7. The van der Waals surface area contributed by atoms with Crippen LogP contribution >= 0.6 is 0 Å². The summed E-state index contributed by atoms with van der Waals surface area (Å²) in [5, 5.41) is 0. The molecule has 0 spiro atoms. The number of carbonyl (C=O) groups excluding carboxylic acids is 1. The Morgan fingerprint density at radius 2 is 1.61 bits per heavy atom. The van der Waals surface area contributed by atoms with E-state index in [4.69, 9.17) is 5.73 Å². The second-order valence-electron chi connectivity index (χ2n) is 7.20. The fourth-order valence-electron chi connectivity index (χ4n) is 3.26. The Hall–Kier alpha value is -3.34. The molecule has 0 unspecified atom stereocenters. The average Bonchev–Trinajstić information content (AvgIpc) is 2.64. The number of aromatic amines is 1. The van der Waals surface area contributed by atoms with Gasteiger partial charge in [0.05, 0.1) is 0 Å². The molecule has 1 amide bonds. The Kier molecular flexibility index (Phi) is 5.64. The van der Waals surface area contributed by atoms with Gasteiger partial charge in [-0.05, 0) is 62.2 Å². The Bertz CT molecular complexity index is 1030. The second-order valence-corrected chi connectivity index (χ2v) is 7.20. The summed E-state index contributed by atoms with van der Waals surface area (Å²) in [6.45, 7) is 6.99. The van der Waals surface area contributed by atoms with Gasteiger partial charge in [-0.2, -0.15) is 0 Å². The van der Waals surface area contributed by atoms with Crippen molar-refractivity contribution < 1.29 is 4.79 Å². The van der Waals surface area contributed by atoms with Crippen molar-refractivity contribution >= 4 is 11.6 Å². The van der Waals surface area contributed by atoms with Crippen LogP contribution in [-0.4, -0.2) is 10.9 Å². The van der Waals surface area contributed by atoms with E-state index in [2.05, 4.69) is 34.1 Å². The van der Waals surface area contributed by atoms with E-state index < -0.39 is 5.91 Å². The molecule has 0 radical (unpaired) electrons. The van der Waals surface area contributed by atoms with Crippen LogP contribution in [0.2, 0.25) is 0 Å². The molecule has 0 saturated heterocycles. The van der Waals surface area contributed by atoms with E-state index in [-0.39, 0.29) is 5.56 Å². The number of aromatic nitrogens is 1. The van der Waals surface area contributed by atoms with E-state index in [9.17, 15) is 9.59 Å². The van der Waals surface area contributed by atoms with Crippen LogP contribution in [0.5, 0.6) is 0 Å². The maximum Gasteiger partial charge on any atom is 0.253 e. The summed E-state index contributed by atoms with van der Waals surface area (Å²) in [6.07, 6.45) is 0. The molecule has 2 aromatic carbocycles. The highest BCUT2D eigenvalue weighted by molar-refractivity contribution is 5.92. The number of aryl methyl sites for hydroxylation is 3. The number of nitrogens with zero attached hydrogens (tertiary/aromatic N) is 1. The first-order valence-corrected chi connectivity index (χ1v) is 9.23. The molecule has 0 bridgehead atoms. The number of hydrogen-bond donors (Lipinski definition) is 2.